The highest BCUT2D eigenvalue weighted by Crippen LogP contribution is 2.39. The maximum atomic E-state index is 12.9. The monoisotopic (exact) mass is 410 g/mol. The number of anilines is 1. The van der Waals surface area contributed by atoms with E-state index in [1.165, 1.54) is 4.90 Å². The van der Waals surface area contributed by atoms with E-state index in [-0.39, 0.29) is 24.9 Å². The highest BCUT2D eigenvalue weighted by Gasteiger charge is 2.55. The molecule has 1 heterocycles. The number of nitrogens with zero attached hydrogens (tertiary/aromatic N) is 2. The summed E-state index contributed by atoms with van der Waals surface area (Å²) in [6.07, 6.45) is 4.24. The van der Waals surface area contributed by atoms with E-state index in [0.29, 0.717) is 37.4 Å². The summed E-state index contributed by atoms with van der Waals surface area (Å²) < 4.78 is 5.39. The van der Waals surface area contributed by atoms with Gasteiger partial charge in [-0.25, -0.2) is 4.79 Å². The number of ether oxygens (including phenoxy) is 1. The summed E-state index contributed by atoms with van der Waals surface area (Å²) in [6.45, 7) is 0.557. The van der Waals surface area contributed by atoms with Gasteiger partial charge in [-0.2, -0.15) is 0 Å². The lowest BCUT2D eigenvalue weighted by Gasteiger charge is -2.35. The van der Waals surface area contributed by atoms with Crippen LogP contribution in [0.15, 0.2) is 24.3 Å². The van der Waals surface area contributed by atoms with Gasteiger partial charge in [0.05, 0.1) is 0 Å². The van der Waals surface area contributed by atoms with Crippen LogP contribution in [0.4, 0.5) is 10.5 Å². The maximum Gasteiger partial charge on any atom is 0.327 e. The minimum atomic E-state index is -0.766. The molecule has 0 aromatic heterocycles. The third-order valence-electron chi connectivity index (χ3n) is 5.31. The van der Waals surface area contributed by atoms with Gasteiger partial charge in [-0.05, 0) is 37.1 Å². The molecule has 1 spiro atoms. The van der Waals surface area contributed by atoms with Crippen molar-refractivity contribution in [3.05, 3.63) is 24.3 Å². The van der Waals surface area contributed by atoms with E-state index in [0.717, 1.165) is 24.2 Å². The molecule has 28 heavy (non-hydrogen) atoms. The van der Waals surface area contributed by atoms with Crippen LogP contribution in [0, 0.1) is 0 Å². The lowest BCUT2D eigenvalue weighted by Crippen LogP contribution is -2.49. The lowest BCUT2D eigenvalue weighted by atomic mass is 9.81. The molecule has 1 saturated carbocycles. The van der Waals surface area contributed by atoms with Gasteiger partial charge in [0.1, 0.15) is 24.4 Å². The number of hydrogen-bond acceptors (Lipinski definition) is 5. The van der Waals surface area contributed by atoms with Crippen LogP contribution in [0.1, 0.15) is 32.1 Å². The van der Waals surface area contributed by atoms with E-state index in [1.807, 2.05) is 0 Å². The molecule has 4 amide bonds. The molecular weight excluding hydrogens is 384 g/mol. The summed E-state index contributed by atoms with van der Waals surface area (Å²) in [5.74, 6) is -0.00631. The topological polar surface area (TPSA) is 105 Å². The number of urea groups is 1. The van der Waals surface area contributed by atoms with Crippen molar-refractivity contribution in [3.8, 4) is 5.75 Å². The molecule has 3 N–H and O–H groups in total. The van der Waals surface area contributed by atoms with Crippen LogP contribution in [0.2, 0.25) is 0 Å². The number of benzene rings is 1. The maximum absolute atomic E-state index is 12.9. The van der Waals surface area contributed by atoms with E-state index < -0.39 is 17.5 Å². The second-order valence-electron chi connectivity index (χ2n) is 7.03. The van der Waals surface area contributed by atoms with Gasteiger partial charge in [-0.1, -0.05) is 19.3 Å². The van der Waals surface area contributed by atoms with Crippen molar-refractivity contribution in [1.29, 1.82) is 0 Å². The third-order valence-corrected chi connectivity index (χ3v) is 5.31. The van der Waals surface area contributed by atoms with Crippen molar-refractivity contribution in [2.75, 3.05) is 32.1 Å². The first-order chi connectivity index (χ1) is 13.0. The number of carbonyl (C=O) groups is 3. The molecule has 1 aliphatic carbocycles. The van der Waals surface area contributed by atoms with Gasteiger partial charge in [0.2, 0.25) is 5.91 Å². The molecular formula is C19H27ClN4O4. The van der Waals surface area contributed by atoms with E-state index in [1.54, 1.807) is 31.3 Å². The Morgan fingerprint density at radius 1 is 1.18 bits per heavy atom. The summed E-state index contributed by atoms with van der Waals surface area (Å²) in [5.41, 5.74) is 5.19. The van der Waals surface area contributed by atoms with Crippen LogP contribution in [0.25, 0.3) is 0 Å². The van der Waals surface area contributed by atoms with Gasteiger partial charge >= 0.3 is 6.03 Å². The minimum Gasteiger partial charge on any atom is -0.492 e. The molecule has 2 aliphatic rings. The smallest absolute Gasteiger partial charge is 0.327 e. The average molecular weight is 411 g/mol. The Bertz CT molecular complexity index is 719. The first-order valence-corrected chi connectivity index (χ1v) is 9.30. The number of carbonyl (C=O) groups excluding carboxylic acids is 3. The second kappa shape index (κ2) is 9.25. The third kappa shape index (κ3) is 4.23. The fourth-order valence-corrected chi connectivity index (χ4v) is 3.83. The van der Waals surface area contributed by atoms with E-state index in [2.05, 4.69) is 5.32 Å². The molecule has 1 saturated heterocycles. The van der Waals surface area contributed by atoms with Crippen molar-refractivity contribution >= 4 is 35.9 Å². The number of halogens is 1. The lowest BCUT2D eigenvalue weighted by molar-refractivity contribution is -0.136. The fraction of sp³-hybridized carbons (Fsp3) is 0.526. The number of nitrogens with one attached hydrogen (secondary N) is 1. The van der Waals surface area contributed by atoms with E-state index in [9.17, 15) is 14.4 Å². The molecule has 0 atom stereocenters. The zero-order valence-electron chi connectivity index (χ0n) is 16.0. The Kier molecular flexibility index (Phi) is 7.26. The molecule has 1 aromatic rings. The fourth-order valence-electron chi connectivity index (χ4n) is 3.83. The summed E-state index contributed by atoms with van der Waals surface area (Å²) in [5, 5.41) is 2.72. The van der Waals surface area contributed by atoms with Gasteiger partial charge in [-0.3, -0.25) is 14.5 Å². The zero-order valence-corrected chi connectivity index (χ0v) is 16.8. The highest BCUT2D eigenvalue weighted by atomic mass is 35.5. The van der Waals surface area contributed by atoms with Gasteiger partial charge in [0.15, 0.2) is 0 Å². The van der Waals surface area contributed by atoms with Crippen LogP contribution in [-0.2, 0) is 9.59 Å². The number of hydrogen-bond donors (Lipinski definition) is 2. The zero-order chi connectivity index (χ0) is 19.4. The van der Waals surface area contributed by atoms with Crippen molar-refractivity contribution in [2.45, 2.75) is 37.6 Å². The molecule has 0 bridgehead atoms. The number of nitrogens with two attached hydrogens (primary N) is 1. The van der Waals surface area contributed by atoms with Gasteiger partial charge in [0.25, 0.3) is 5.91 Å². The second-order valence-corrected chi connectivity index (χ2v) is 7.03. The molecule has 8 nitrogen and oxygen atoms in total. The Morgan fingerprint density at radius 2 is 1.82 bits per heavy atom. The predicted octanol–water partition coefficient (Wildman–Crippen LogP) is 1.98. The van der Waals surface area contributed by atoms with Crippen LogP contribution < -0.4 is 15.8 Å². The number of rotatable bonds is 6. The summed E-state index contributed by atoms with van der Waals surface area (Å²) >= 11 is 0. The van der Waals surface area contributed by atoms with Crippen LogP contribution in [-0.4, -0.2) is 59.9 Å². The molecule has 0 radical (unpaired) electrons. The largest absolute Gasteiger partial charge is 0.492 e. The van der Waals surface area contributed by atoms with Crippen molar-refractivity contribution in [2.24, 2.45) is 5.73 Å². The molecule has 0 unspecified atom stereocenters. The van der Waals surface area contributed by atoms with Gasteiger partial charge < -0.3 is 20.7 Å². The quantitative estimate of drug-likeness (QED) is 0.697. The average Bonchev–Trinajstić information content (AvgIpc) is 2.84. The minimum absolute atomic E-state index is 0. The first kappa shape index (κ1) is 22.0. The normalized spacial score (nSPS) is 18.2. The first-order valence-electron chi connectivity index (χ1n) is 9.30. The Labute approximate surface area is 170 Å². The SMILES string of the molecule is CN1C(=O)N(CC(=O)Nc2ccc(OCCN)cc2)C(=O)C12CCCCC2.Cl. The van der Waals surface area contributed by atoms with Crippen molar-refractivity contribution < 1.29 is 19.1 Å². The van der Waals surface area contributed by atoms with E-state index >= 15 is 0 Å². The molecule has 3 rings (SSSR count). The van der Waals surface area contributed by atoms with Crippen molar-refractivity contribution in [1.82, 2.24) is 9.80 Å². The Hall–Kier alpha value is -2.32. The Balaban J connectivity index is 0.00000280. The van der Waals surface area contributed by atoms with Crippen LogP contribution >= 0.6 is 12.4 Å². The van der Waals surface area contributed by atoms with E-state index in [4.69, 9.17) is 10.5 Å². The summed E-state index contributed by atoms with van der Waals surface area (Å²) in [7, 11) is 1.66. The van der Waals surface area contributed by atoms with Gasteiger partial charge in [0, 0.05) is 19.3 Å². The van der Waals surface area contributed by atoms with Crippen molar-refractivity contribution in [3.63, 3.8) is 0 Å². The summed E-state index contributed by atoms with van der Waals surface area (Å²) in [6, 6.07) is 6.45. The van der Waals surface area contributed by atoms with Crippen LogP contribution in [0.3, 0.4) is 0 Å². The molecule has 9 heteroatoms. The number of amides is 4. The standard InChI is InChI=1S/C19H26N4O4.ClH/c1-22-18(26)23(17(25)19(22)9-3-2-4-10-19)13-16(24)21-14-5-7-15(8-6-14)27-12-11-20;/h5-8H,2-4,9-13,20H2,1H3,(H,21,24);1H. The predicted molar refractivity (Wildman–Crippen MR) is 108 cm³/mol. The molecule has 1 aromatic carbocycles. The molecule has 154 valence electrons. The summed E-state index contributed by atoms with van der Waals surface area (Å²) in [4.78, 5) is 40.4. The molecule has 2 fully saturated rings. The van der Waals surface area contributed by atoms with Gasteiger partial charge in [-0.15, -0.1) is 12.4 Å². The number of likely N-dealkylation sites (N-methyl/N-ethyl adjacent to an activating group) is 1. The number of imide groups is 1. The Morgan fingerprint density at radius 3 is 2.43 bits per heavy atom. The highest BCUT2D eigenvalue weighted by molar-refractivity contribution is 6.10. The van der Waals surface area contributed by atoms with Crippen LogP contribution in [0.5, 0.6) is 5.75 Å². The molecule has 1 aliphatic heterocycles.